The highest BCUT2D eigenvalue weighted by Crippen LogP contribution is 2.18. The molecule has 0 fully saturated rings. The normalized spacial score (nSPS) is 14.0. The first-order valence-electron chi connectivity index (χ1n) is 9.73. The Balaban J connectivity index is 0.00000280. The monoisotopic (exact) mass is 494 g/mol. The lowest BCUT2D eigenvalue weighted by Gasteiger charge is -2.28. The minimum atomic E-state index is 0. The number of nitrogens with zero attached hydrogens (tertiary/aromatic N) is 2. The second-order valence-electron chi connectivity index (χ2n) is 6.73. The fraction of sp³-hybridized carbons (Fsp3) is 0.409. The van der Waals surface area contributed by atoms with E-state index in [4.69, 9.17) is 9.73 Å². The van der Waals surface area contributed by atoms with Crippen LogP contribution in [0.25, 0.3) is 0 Å². The van der Waals surface area contributed by atoms with Gasteiger partial charge in [-0.05, 0) is 30.5 Å². The molecule has 0 saturated carbocycles. The second-order valence-corrected chi connectivity index (χ2v) is 6.73. The molecule has 3 rings (SSSR count). The average molecular weight is 494 g/mol. The molecule has 1 aliphatic heterocycles. The van der Waals surface area contributed by atoms with Crippen molar-refractivity contribution < 1.29 is 4.74 Å². The van der Waals surface area contributed by atoms with Crippen molar-refractivity contribution in [2.45, 2.75) is 26.4 Å². The molecule has 1 aliphatic rings. The zero-order chi connectivity index (χ0) is 18.9. The molecule has 0 bridgehead atoms. The molecule has 5 nitrogen and oxygen atoms in total. The predicted molar refractivity (Wildman–Crippen MR) is 127 cm³/mol. The fourth-order valence-corrected chi connectivity index (χ4v) is 3.42. The number of hydrogen-bond donors (Lipinski definition) is 2. The zero-order valence-electron chi connectivity index (χ0n) is 16.8. The summed E-state index contributed by atoms with van der Waals surface area (Å²) in [5, 5.41) is 6.78. The molecule has 28 heavy (non-hydrogen) atoms. The highest BCUT2D eigenvalue weighted by molar-refractivity contribution is 14.0. The highest BCUT2D eigenvalue weighted by Gasteiger charge is 2.15. The van der Waals surface area contributed by atoms with Crippen LogP contribution in [0.4, 0.5) is 0 Å². The van der Waals surface area contributed by atoms with Crippen molar-refractivity contribution in [2.24, 2.45) is 4.99 Å². The first kappa shape index (κ1) is 22.5. The lowest BCUT2D eigenvalue weighted by Crippen LogP contribution is -2.42. The van der Waals surface area contributed by atoms with E-state index in [1.807, 2.05) is 18.2 Å². The number of guanidine groups is 1. The van der Waals surface area contributed by atoms with Gasteiger partial charge in [0.25, 0.3) is 0 Å². The van der Waals surface area contributed by atoms with Crippen molar-refractivity contribution in [1.29, 1.82) is 0 Å². The summed E-state index contributed by atoms with van der Waals surface area (Å²) < 4.78 is 5.41. The lowest BCUT2D eigenvalue weighted by atomic mass is 10.00. The van der Waals surface area contributed by atoms with E-state index in [1.165, 1.54) is 11.1 Å². The molecule has 0 unspecified atom stereocenters. The van der Waals surface area contributed by atoms with Crippen LogP contribution in [0.2, 0.25) is 0 Å². The molecule has 2 aromatic rings. The Morgan fingerprint density at radius 2 is 1.82 bits per heavy atom. The van der Waals surface area contributed by atoms with Crippen molar-refractivity contribution in [3.8, 4) is 5.75 Å². The summed E-state index contributed by atoms with van der Waals surface area (Å²) in [5.41, 5.74) is 4.04. The van der Waals surface area contributed by atoms with Crippen molar-refractivity contribution >= 4 is 29.9 Å². The summed E-state index contributed by atoms with van der Waals surface area (Å²) >= 11 is 0. The van der Waals surface area contributed by atoms with Gasteiger partial charge in [0.05, 0.1) is 13.7 Å². The number of benzene rings is 2. The maximum absolute atomic E-state index is 5.41. The van der Waals surface area contributed by atoms with Gasteiger partial charge in [-0.15, -0.1) is 24.0 Å². The number of aliphatic imine (C=N–C) groups is 1. The van der Waals surface area contributed by atoms with Crippen LogP contribution in [0.15, 0.2) is 53.5 Å². The van der Waals surface area contributed by atoms with Crippen LogP contribution in [-0.4, -0.2) is 44.1 Å². The van der Waals surface area contributed by atoms with Crippen LogP contribution >= 0.6 is 24.0 Å². The Bertz CT molecular complexity index is 766. The number of ether oxygens (including phenoxy) is 1. The van der Waals surface area contributed by atoms with Crippen LogP contribution in [-0.2, 0) is 19.5 Å². The number of nitrogens with one attached hydrogen (secondary N) is 2. The maximum Gasteiger partial charge on any atom is 0.191 e. The molecule has 6 heteroatoms. The minimum Gasteiger partial charge on any atom is -0.496 e. The summed E-state index contributed by atoms with van der Waals surface area (Å²) in [4.78, 5) is 7.21. The number of methoxy groups -OCH3 is 1. The molecule has 2 aromatic carbocycles. The third-order valence-electron chi connectivity index (χ3n) is 4.87. The van der Waals surface area contributed by atoms with Gasteiger partial charge in [0.1, 0.15) is 5.75 Å². The highest BCUT2D eigenvalue weighted by atomic mass is 127. The van der Waals surface area contributed by atoms with Crippen molar-refractivity contribution in [2.75, 3.05) is 33.3 Å². The third kappa shape index (κ3) is 6.38. The van der Waals surface area contributed by atoms with Crippen LogP contribution in [0.3, 0.4) is 0 Å². The molecule has 0 saturated heterocycles. The lowest BCUT2D eigenvalue weighted by molar-refractivity contribution is 0.258. The summed E-state index contributed by atoms with van der Waals surface area (Å²) in [5.74, 6) is 1.73. The summed E-state index contributed by atoms with van der Waals surface area (Å²) in [6.07, 6.45) is 1.14. The molecule has 0 atom stereocenters. The van der Waals surface area contributed by atoms with Gasteiger partial charge in [0.15, 0.2) is 5.96 Å². The molecule has 1 heterocycles. The minimum absolute atomic E-state index is 0. The van der Waals surface area contributed by atoms with Gasteiger partial charge in [0, 0.05) is 38.3 Å². The van der Waals surface area contributed by atoms with E-state index in [1.54, 1.807) is 7.11 Å². The van der Waals surface area contributed by atoms with Crippen molar-refractivity contribution in [1.82, 2.24) is 15.5 Å². The fourth-order valence-electron chi connectivity index (χ4n) is 3.42. The Kier molecular flexibility index (Phi) is 9.57. The standard InChI is InChI=1S/C22H30N4O.HI/c1-3-23-22(25-16-19-9-6-7-11-21(19)27-2)24-13-15-26-14-12-18-8-4-5-10-20(18)17-26;/h4-11H,3,12-17H2,1-2H3,(H2,23,24,25);1H. The van der Waals surface area contributed by atoms with E-state index < -0.39 is 0 Å². The number of fused-ring (bicyclic) bond motifs is 1. The second kappa shape index (κ2) is 11.9. The average Bonchev–Trinajstić information content (AvgIpc) is 2.72. The van der Waals surface area contributed by atoms with Crippen molar-refractivity contribution in [3.63, 3.8) is 0 Å². The largest absolute Gasteiger partial charge is 0.496 e. The van der Waals surface area contributed by atoms with Gasteiger partial charge in [-0.2, -0.15) is 0 Å². The molecule has 152 valence electrons. The van der Waals surface area contributed by atoms with Gasteiger partial charge >= 0.3 is 0 Å². The van der Waals surface area contributed by atoms with E-state index in [0.29, 0.717) is 6.54 Å². The maximum atomic E-state index is 5.41. The Hall–Kier alpha value is -1.80. The first-order valence-corrected chi connectivity index (χ1v) is 9.73. The van der Waals surface area contributed by atoms with Crippen molar-refractivity contribution in [3.05, 3.63) is 65.2 Å². The van der Waals surface area contributed by atoms with E-state index in [9.17, 15) is 0 Å². The number of para-hydroxylation sites is 1. The quantitative estimate of drug-likeness (QED) is 0.352. The molecule has 2 N–H and O–H groups in total. The zero-order valence-corrected chi connectivity index (χ0v) is 19.1. The smallest absolute Gasteiger partial charge is 0.191 e. The van der Waals surface area contributed by atoms with E-state index >= 15 is 0 Å². The van der Waals surface area contributed by atoms with E-state index in [2.05, 4.69) is 52.8 Å². The topological polar surface area (TPSA) is 48.9 Å². The Morgan fingerprint density at radius 1 is 1.07 bits per heavy atom. The van der Waals surface area contributed by atoms with E-state index in [-0.39, 0.29) is 24.0 Å². The summed E-state index contributed by atoms with van der Waals surface area (Å²) in [7, 11) is 1.70. The number of rotatable bonds is 7. The van der Waals surface area contributed by atoms with Crippen LogP contribution in [0, 0.1) is 0 Å². The van der Waals surface area contributed by atoms with Gasteiger partial charge in [-0.3, -0.25) is 4.90 Å². The first-order chi connectivity index (χ1) is 13.3. The summed E-state index contributed by atoms with van der Waals surface area (Å²) in [6.45, 7) is 7.56. The number of halogens is 1. The van der Waals surface area contributed by atoms with E-state index in [0.717, 1.165) is 56.4 Å². The van der Waals surface area contributed by atoms with Gasteiger partial charge < -0.3 is 15.4 Å². The van der Waals surface area contributed by atoms with Gasteiger partial charge in [-0.25, -0.2) is 4.99 Å². The van der Waals surface area contributed by atoms with Crippen LogP contribution in [0.5, 0.6) is 5.75 Å². The molecule has 0 aromatic heterocycles. The number of hydrogen-bond acceptors (Lipinski definition) is 3. The molecule has 0 radical (unpaired) electrons. The molecular weight excluding hydrogens is 463 g/mol. The van der Waals surface area contributed by atoms with Gasteiger partial charge in [0.2, 0.25) is 0 Å². The van der Waals surface area contributed by atoms with Crippen LogP contribution in [0.1, 0.15) is 23.6 Å². The third-order valence-corrected chi connectivity index (χ3v) is 4.87. The molecule has 0 aliphatic carbocycles. The predicted octanol–water partition coefficient (Wildman–Crippen LogP) is 3.43. The summed E-state index contributed by atoms with van der Waals surface area (Å²) in [6, 6.07) is 16.8. The molecule has 0 spiro atoms. The Morgan fingerprint density at radius 3 is 2.61 bits per heavy atom. The Labute approximate surface area is 185 Å². The van der Waals surface area contributed by atoms with Gasteiger partial charge in [-0.1, -0.05) is 42.5 Å². The van der Waals surface area contributed by atoms with Crippen LogP contribution < -0.4 is 15.4 Å². The molecule has 0 amide bonds. The SMILES string of the molecule is CCNC(=NCc1ccccc1OC)NCCN1CCc2ccccc2C1.I. The molecular formula is C22H31IN4O.